The summed E-state index contributed by atoms with van der Waals surface area (Å²) in [6.07, 6.45) is 4.44. The zero-order valence-corrected chi connectivity index (χ0v) is 17.1. The smallest absolute Gasteiger partial charge is 0.331 e. The molecule has 2 atom stereocenters. The van der Waals surface area contributed by atoms with Crippen molar-refractivity contribution in [1.29, 1.82) is 0 Å². The van der Waals surface area contributed by atoms with Crippen LogP contribution in [0.3, 0.4) is 0 Å². The van der Waals surface area contributed by atoms with E-state index in [2.05, 4.69) is 10.0 Å². The number of carbonyl (C=O) groups is 2. The van der Waals surface area contributed by atoms with Crippen molar-refractivity contribution in [2.45, 2.75) is 69.3 Å². The standard InChI is InChI=1S/C18H28N2O6S/c1-11-13(14(21)22)7-6-8-18(11,15(23)24)27(25,26)19-12-9-16(2,3)20-17(4,5)10-12/h6-8,11-12,19-20H,9-10H2,1-5H3,(H,21,22)(H,23,24). The molecule has 0 aromatic rings. The number of piperidine rings is 1. The Morgan fingerprint density at radius 3 is 2.11 bits per heavy atom. The minimum atomic E-state index is -4.43. The van der Waals surface area contributed by atoms with Gasteiger partial charge >= 0.3 is 11.9 Å². The summed E-state index contributed by atoms with van der Waals surface area (Å²) in [6.45, 7) is 9.13. The molecule has 8 nitrogen and oxygen atoms in total. The summed E-state index contributed by atoms with van der Waals surface area (Å²) in [5, 5.41) is 22.6. The van der Waals surface area contributed by atoms with Gasteiger partial charge in [-0.25, -0.2) is 17.9 Å². The number of hydrogen-bond donors (Lipinski definition) is 4. The zero-order chi connectivity index (χ0) is 20.8. The van der Waals surface area contributed by atoms with Gasteiger partial charge in [0.05, 0.1) is 0 Å². The van der Waals surface area contributed by atoms with Gasteiger partial charge in [-0.2, -0.15) is 0 Å². The van der Waals surface area contributed by atoms with Crippen LogP contribution in [0.25, 0.3) is 0 Å². The van der Waals surface area contributed by atoms with Crippen LogP contribution >= 0.6 is 0 Å². The predicted molar refractivity (Wildman–Crippen MR) is 101 cm³/mol. The second-order valence-electron chi connectivity index (χ2n) is 8.73. The summed E-state index contributed by atoms with van der Waals surface area (Å²) < 4.78 is 26.7. The van der Waals surface area contributed by atoms with Crippen LogP contribution in [0.4, 0.5) is 0 Å². The van der Waals surface area contributed by atoms with E-state index < -0.39 is 38.7 Å². The fourth-order valence-electron chi connectivity index (χ4n) is 4.49. The first kappa shape index (κ1) is 21.6. The molecule has 0 aromatic carbocycles. The molecule has 0 amide bonds. The largest absolute Gasteiger partial charge is 0.480 e. The van der Waals surface area contributed by atoms with E-state index in [-0.39, 0.29) is 16.7 Å². The number of aliphatic carboxylic acids is 2. The van der Waals surface area contributed by atoms with Crippen molar-refractivity contribution in [2.75, 3.05) is 0 Å². The number of allylic oxidation sites excluding steroid dienone is 2. The third kappa shape index (κ3) is 3.95. The lowest BCUT2D eigenvalue weighted by Gasteiger charge is -2.47. The number of carboxylic acid groups (broad SMARTS) is 2. The molecule has 2 aliphatic rings. The molecule has 1 saturated heterocycles. The first-order chi connectivity index (χ1) is 12.1. The maximum atomic E-state index is 13.2. The van der Waals surface area contributed by atoms with E-state index >= 15 is 0 Å². The first-order valence-corrected chi connectivity index (χ1v) is 10.3. The molecule has 152 valence electrons. The van der Waals surface area contributed by atoms with Gasteiger partial charge in [0.2, 0.25) is 14.8 Å². The summed E-state index contributed by atoms with van der Waals surface area (Å²) in [6, 6.07) is -0.475. The molecule has 2 unspecified atom stereocenters. The van der Waals surface area contributed by atoms with Crippen molar-refractivity contribution in [1.82, 2.24) is 10.0 Å². The quantitative estimate of drug-likeness (QED) is 0.546. The Morgan fingerprint density at radius 2 is 1.67 bits per heavy atom. The lowest BCUT2D eigenvalue weighted by atomic mass is 9.80. The summed E-state index contributed by atoms with van der Waals surface area (Å²) in [7, 11) is -4.43. The number of hydrogen-bond acceptors (Lipinski definition) is 5. The van der Waals surface area contributed by atoms with Crippen molar-refractivity contribution < 1.29 is 28.2 Å². The van der Waals surface area contributed by atoms with Crippen LogP contribution in [0.15, 0.2) is 23.8 Å². The third-order valence-corrected chi connectivity index (χ3v) is 7.46. The van der Waals surface area contributed by atoms with Gasteiger partial charge in [0.1, 0.15) is 0 Å². The van der Waals surface area contributed by atoms with E-state index in [0.29, 0.717) is 12.8 Å². The summed E-state index contributed by atoms with van der Waals surface area (Å²) in [4.78, 5) is 23.5. The molecule has 27 heavy (non-hydrogen) atoms. The molecule has 4 N–H and O–H groups in total. The van der Waals surface area contributed by atoms with E-state index in [0.717, 1.165) is 6.08 Å². The monoisotopic (exact) mass is 400 g/mol. The zero-order valence-electron chi connectivity index (χ0n) is 16.2. The highest BCUT2D eigenvalue weighted by molar-refractivity contribution is 7.92. The van der Waals surface area contributed by atoms with Crippen molar-refractivity contribution in [3.8, 4) is 0 Å². The van der Waals surface area contributed by atoms with Gasteiger partial charge in [-0.15, -0.1) is 0 Å². The molecule has 1 aliphatic heterocycles. The topological polar surface area (TPSA) is 133 Å². The second-order valence-corrected chi connectivity index (χ2v) is 10.6. The molecular weight excluding hydrogens is 372 g/mol. The van der Waals surface area contributed by atoms with Crippen LogP contribution in [-0.2, 0) is 19.6 Å². The van der Waals surface area contributed by atoms with Gasteiger partial charge in [0.25, 0.3) is 0 Å². The summed E-state index contributed by atoms with van der Waals surface area (Å²) in [5.41, 5.74) is -0.937. The highest BCUT2D eigenvalue weighted by atomic mass is 32.2. The molecule has 2 rings (SSSR count). The van der Waals surface area contributed by atoms with Crippen LogP contribution < -0.4 is 10.0 Å². The first-order valence-electron chi connectivity index (χ1n) is 8.81. The van der Waals surface area contributed by atoms with E-state index in [4.69, 9.17) is 0 Å². The molecule has 0 radical (unpaired) electrons. The Labute approximate surface area is 159 Å². The molecule has 0 bridgehead atoms. The van der Waals surface area contributed by atoms with E-state index in [1.54, 1.807) is 0 Å². The van der Waals surface area contributed by atoms with Crippen LogP contribution in [-0.4, -0.2) is 52.4 Å². The average molecular weight is 400 g/mol. The van der Waals surface area contributed by atoms with Gasteiger partial charge in [-0.05, 0) is 40.5 Å². The number of sulfonamides is 1. The van der Waals surface area contributed by atoms with Crippen molar-refractivity contribution in [3.05, 3.63) is 23.8 Å². The molecule has 1 fully saturated rings. The molecule has 9 heteroatoms. The molecule has 1 aliphatic carbocycles. The van der Waals surface area contributed by atoms with E-state index in [1.165, 1.54) is 19.1 Å². The Hall–Kier alpha value is -1.71. The summed E-state index contributed by atoms with van der Waals surface area (Å²) >= 11 is 0. The molecule has 0 aromatic heterocycles. The number of rotatable bonds is 5. The Morgan fingerprint density at radius 1 is 1.15 bits per heavy atom. The van der Waals surface area contributed by atoms with Gasteiger partial charge in [0, 0.05) is 28.6 Å². The minimum Gasteiger partial charge on any atom is -0.480 e. The van der Waals surface area contributed by atoms with Crippen LogP contribution in [0.1, 0.15) is 47.5 Å². The maximum absolute atomic E-state index is 13.2. The van der Waals surface area contributed by atoms with Crippen molar-refractivity contribution in [2.24, 2.45) is 5.92 Å². The minimum absolute atomic E-state index is 0.253. The fraction of sp³-hybridized carbons (Fsp3) is 0.667. The van der Waals surface area contributed by atoms with E-state index in [1.807, 2.05) is 27.7 Å². The van der Waals surface area contributed by atoms with Gasteiger partial charge in [0.15, 0.2) is 0 Å². The van der Waals surface area contributed by atoms with Gasteiger partial charge < -0.3 is 15.5 Å². The van der Waals surface area contributed by atoms with Crippen molar-refractivity contribution in [3.63, 3.8) is 0 Å². The van der Waals surface area contributed by atoms with Gasteiger partial charge in [-0.3, -0.25) is 4.79 Å². The Kier molecular flexibility index (Phi) is 5.37. The highest BCUT2D eigenvalue weighted by Gasteiger charge is 2.57. The van der Waals surface area contributed by atoms with Gasteiger partial charge in [-0.1, -0.05) is 25.2 Å². The van der Waals surface area contributed by atoms with Crippen LogP contribution in [0.5, 0.6) is 0 Å². The van der Waals surface area contributed by atoms with Crippen LogP contribution in [0.2, 0.25) is 0 Å². The fourth-order valence-corrected chi connectivity index (χ4v) is 6.37. The maximum Gasteiger partial charge on any atom is 0.331 e. The SMILES string of the molecule is CC1C(C(=O)O)=CC=CC1(C(=O)O)S(=O)(=O)NC1CC(C)(C)NC(C)(C)C1. The molecule has 0 spiro atoms. The molecule has 1 heterocycles. The summed E-state index contributed by atoms with van der Waals surface area (Å²) in [5.74, 6) is -4.19. The normalized spacial score (nSPS) is 30.6. The highest BCUT2D eigenvalue weighted by Crippen LogP contribution is 2.38. The second kappa shape index (κ2) is 6.72. The Balaban J connectivity index is 2.43. The lowest BCUT2D eigenvalue weighted by Crippen LogP contribution is -2.65. The molecular formula is C18H28N2O6S. The number of carboxylic acids is 2. The van der Waals surface area contributed by atoms with Crippen molar-refractivity contribution >= 4 is 22.0 Å². The number of nitrogens with one attached hydrogen (secondary N) is 2. The average Bonchev–Trinajstić information content (AvgIpc) is 2.42. The van der Waals surface area contributed by atoms with E-state index in [9.17, 15) is 28.2 Å². The lowest BCUT2D eigenvalue weighted by molar-refractivity contribution is -0.140. The van der Waals surface area contributed by atoms with Crippen LogP contribution in [0, 0.1) is 5.92 Å². The third-order valence-electron chi connectivity index (χ3n) is 5.27. The molecule has 0 saturated carbocycles. The Bertz CT molecular complexity index is 796. The predicted octanol–water partition coefficient (Wildman–Crippen LogP) is 1.26.